The van der Waals surface area contributed by atoms with E-state index in [1.807, 2.05) is 11.7 Å². The minimum Gasteiger partial charge on any atom is -0.364 e. The lowest BCUT2D eigenvalue weighted by Gasteiger charge is -2.38. The number of para-hydroxylation sites is 1. The number of piperidine rings is 2. The quantitative estimate of drug-likeness (QED) is 0.705. The first-order valence-electron chi connectivity index (χ1n) is 12.1. The van der Waals surface area contributed by atoms with E-state index in [-0.39, 0.29) is 17.7 Å². The Morgan fingerprint density at radius 3 is 2.69 bits per heavy atom. The average molecular weight is 437 g/mol. The molecule has 4 saturated heterocycles. The highest BCUT2D eigenvalue weighted by Gasteiger charge is 2.44. The first kappa shape index (κ1) is 20.2. The van der Waals surface area contributed by atoms with E-state index < -0.39 is 0 Å². The predicted octanol–water partition coefficient (Wildman–Crippen LogP) is 1.36. The zero-order chi connectivity index (χ0) is 21.8. The van der Waals surface area contributed by atoms with Gasteiger partial charge in [-0.15, -0.1) is 0 Å². The van der Waals surface area contributed by atoms with Crippen molar-refractivity contribution in [3.63, 3.8) is 0 Å². The number of nitrogens with one attached hydrogen (secondary N) is 2. The molecule has 170 valence electrons. The van der Waals surface area contributed by atoms with E-state index in [2.05, 4.69) is 38.6 Å². The van der Waals surface area contributed by atoms with Gasteiger partial charge in [0.05, 0.1) is 22.8 Å². The van der Waals surface area contributed by atoms with Crippen molar-refractivity contribution in [2.45, 2.75) is 50.1 Å². The van der Waals surface area contributed by atoms with Crippen LogP contribution in [0, 0.1) is 5.92 Å². The second-order valence-electron chi connectivity index (χ2n) is 10.0. The number of likely N-dealkylation sites (tertiary alicyclic amines) is 1. The highest BCUT2D eigenvalue weighted by molar-refractivity contribution is 6.03. The van der Waals surface area contributed by atoms with Gasteiger partial charge >= 0.3 is 0 Å². The number of hydrogen-bond acceptors (Lipinski definition) is 6. The number of amides is 2. The van der Waals surface area contributed by atoms with Gasteiger partial charge in [-0.1, -0.05) is 12.1 Å². The maximum atomic E-state index is 12.5. The fourth-order valence-electron chi connectivity index (χ4n) is 6.45. The first-order chi connectivity index (χ1) is 15.6. The molecule has 4 aliphatic rings. The number of aryl methyl sites for hydroxylation is 1. The molecule has 0 radical (unpaired) electrons. The van der Waals surface area contributed by atoms with E-state index in [9.17, 15) is 9.59 Å². The van der Waals surface area contributed by atoms with Gasteiger partial charge in [0.1, 0.15) is 0 Å². The lowest BCUT2D eigenvalue weighted by atomic mass is 9.92. The summed E-state index contributed by atoms with van der Waals surface area (Å²) in [5.41, 5.74) is 3.13. The van der Waals surface area contributed by atoms with E-state index in [0.717, 1.165) is 48.7 Å². The van der Waals surface area contributed by atoms with Crippen LogP contribution >= 0.6 is 0 Å². The van der Waals surface area contributed by atoms with Gasteiger partial charge in [0.2, 0.25) is 11.8 Å². The number of rotatable bonds is 4. The van der Waals surface area contributed by atoms with Crippen molar-refractivity contribution >= 4 is 28.4 Å². The summed E-state index contributed by atoms with van der Waals surface area (Å²) in [4.78, 5) is 29.4. The number of fused-ring (bicyclic) bond motifs is 3. The fraction of sp³-hybridized carbons (Fsp3) is 0.625. The number of nitrogens with zero attached hydrogens (tertiary/aromatic N) is 4. The van der Waals surface area contributed by atoms with Crippen LogP contribution in [-0.2, 0) is 16.6 Å². The van der Waals surface area contributed by atoms with Crippen LogP contribution in [0.5, 0.6) is 0 Å². The Balaban J connectivity index is 1.25. The fourth-order valence-corrected chi connectivity index (χ4v) is 6.45. The van der Waals surface area contributed by atoms with E-state index in [1.165, 1.54) is 31.5 Å². The van der Waals surface area contributed by atoms with E-state index in [0.29, 0.717) is 24.9 Å². The Hall–Kier alpha value is -2.45. The van der Waals surface area contributed by atoms with Gasteiger partial charge in [-0.2, -0.15) is 5.10 Å². The second-order valence-corrected chi connectivity index (χ2v) is 10.0. The topological polar surface area (TPSA) is 82.5 Å². The van der Waals surface area contributed by atoms with Crippen LogP contribution in [0.1, 0.15) is 43.7 Å². The number of anilines is 1. The first-order valence-corrected chi connectivity index (χ1v) is 12.1. The van der Waals surface area contributed by atoms with Crippen molar-refractivity contribution in [1.82, 2.24) is 25.3 Å². The molecule has 1 aromatic heterocycles. The summed E-state index contributed by atoms with van der Waals surface area (Å²) in [6, 6.07) is 7.54. The maximum Gasteiger partial charge on any atom is 0.235 e. The Morgan fingerprint density at radius 2 is 1.94 bits per heavy atom. The molecule has 2 amide bonds. The molecule has 3 atom stereocenters. The molecule has 5 heterocycles. The average Bonchev–Trinajstić information content (AvgIpc) is 3.47. The zero-order valence-electron chi connectivity index (χ0n) is 18.7. The number of carbonyl (C=O) groups is 2. The lowest BCUT2D eigenvalue weighted by molar-refractivity contribution is -0.134. The third-order valence-electron chi connectivity index (χ3n) is 8.06. The van der Waals surface area contributed by atoms with Gasteiger partial charge in [0, 0.05) is 50.6 Å². The Morgan fingerprint density at radius 1 is 1.09 bits per heavy atom. The van der Waals surface area contributed by atoms with Crippen LogP contribution in [0.2, 0.25) is 0 Å². The number of hydrogen-bond donors (Lipinski definition) is 2. The molecule has 4 aliphatic heterocycles. The Bertz CT molecular complexity index is 1060. The van der Waals surface area contributed by atoms with Crippen molar-refractivity contribution in [3.8, 4) is 0 Å². The van der Waals surface area contributed by atoms with E-state index >= 15 is 0 Å². The standard InChI is InChI=1S/C24H32N6O2/c1-28-23-18(22(27-28)19-5-6-21(31)26-24(19)32)3-2-4-20(23)30-14-16-11-17(30)13-29(16)12-15-7-9-25-10-8-15/h2-4,15-17,19,25H,5-14H2,1H3,(H,26,31,32)/t16-,17-,19?/m0/s1. The zero-order valence-corrected chi connectivity index (χ0v) is 18.7. The number of benzene rings is 1. The molecule has 2 N–H and O–H groups in total. The van der Waals surface area contributed by atoms with Crippen molar-refractivity contribution in [1.29, 1.82) is 0 Å². The smallest absolute Gasteiger partial charge is 0.235 e. The summed E-state index contributed by atoms with van der Waals surface area (Å²) < 4.78 is 1.93. The van der Waals surface area contributed by atoms with E-state index in [1.54, 1.807) is 0 Å². The van der Waals surface area contributed by atoms with Gasteiger partial charge in [-0.05, 0) is 50.8 Å². The summed E-state index contributed by atoms with van der Waals surface area (Å²) in [6.45, 7) is 5.77. The molecule has 0 aliphatic carbocycles. The molecule has 0 spiro atoms. The Kier molecular flexibility index (Phi) is 4.95. The molecular formula is C24H32N6O2. The molecule has 8 heteroatoms. The molecule has 6 rings (SSSR count). The van der Waals surface area contributed by atoms with Crippen molar-refractivity contribution in [3.05, 3.63) is 23.9 Å². The molecule has 0 saturated carbocycles. The van der Waals surface area contributed by atoms with Crippen LogP contribution in [-0.4, -0.2) is 71.3 Å². The van der Waals surface area contributed by atoms with Crippen LogP contribution in [0.15, 0.2) is 18.2 Å². The van der Waals surface area contributed by atoms with Crippen molar-refractivity contribution in [2.75, 3.05) is 37.6 Å². The van der Waals surface area contributed by atoms with Crippen LogP contribution in [0.3, 0.4) is 0 Å². The molecule has 2 bridgehead atoms. The second kappa shape index (κ2) is 7.85. The van der Waals surface area contributed by atoms with Crippen molar-refractivity contribution in [2.24, 2.45) is 13.0 Å². The van der Waals surface area contributed by atoms with Gasteiger partial charge in [0.15, 0.2) is 0 Å². The SMILES string of the molecule is Cn1nc(C2CCC(=O)NC2=O)c2cccc(N3C[C@@H]4C[C@H]3CN4CC3CCNCC3)c21. The number of aromatic nitrogens is 2. The van der Waals surface area contributed by atoms with Crippen molar-refractivity contribution < 1.29 is 9.59 Å². The van der Waals surface area contributed by atoms with Gasteiger partial charge < -0.3 is 10.2 Å². The minimum absolute atomic E-state index is 0.186. The van der Waals surface area contributed by atoms with Crippen LogP contribution in [0.25, 0.3) is 10.9 Å². The van der Waals surface area contributed by atoms with Crippen LogP contribution in [0.4, 0.5) is 5.69 Å². The molecular weight excluding hydrogens is 404 g/mol. The maximum absolute atomic E-state index is 12.5. The molecule has 32 heavy (non-hydrogen) atoms. The predicted molar refractivity (Wildman–Crippen MR) is 123 cm³/mol. The number of carbonyl (C=O) groups excluding carboxylic acids is 2. The number of imide groups is 1. The van der Waals surface area contributed by atoms with Gasteiger partial charge in [0.25, 0.3) is 0 Å². The summed E-state index contributed by atoms with van der Waals surface area (Å²) in [5.74, 6) is 0.0672. The lowest BCUT2D eigenvalue weighted by Crippen LogP contribution is -2.48. The summed E-state index contributed by atoms with van der Waals surface area (Å²) in [7, 11) is 1.97. The molecule has 1 unspecified atom stereocenters. The van der Waals surface area contributed by atoms with Crippen LogP contribution < -0.4 is 15.5 Å². The Labute approximate surface area is 188 Å². The molecule has 4 fully saturated rings. The number of piperazine rings is 1. The molecule has 2 aromatic rings. The summed E-state index contributed by atoms with van der Waals surface area (Å²) in [5, 5.41) is 11.8. The largest absolute Gasteiger partial charge is 0.364 e. The highest BCUT2D eigenvalue weighted by Crippen LogP contribution is 2.40. The van der Waals surface area contributed by atoms with Gasteiger partial charge in [-0.25, -0.2) is 0 Å². The third kappa shape index (κ3) is 3.31. The molecule has 8 nitrogen and oxygen atoms in total. The normalized spacial score (nSPS) is 29.3. The minimum atomic E-state index is -0.359. The van der Waals surface area contributed by atoms with Gasteiger partial charge in [-0.3, -0.25) is 24.5 Å². The summed E-state index contributed by atoms with van der Waals surface area (Å²) >= 11 is 0. The highest BCUT2D eigenvalue weighted by atomic mass is 16.2. The molecule has 1 aromatic carbocycles. The third-order valence-corrected chi connectivity index (χ3v) is 8.06. The monoisotopic (exact) mass is 436 g/mol. The summed E-state index contributed by atoms with van der Waals surface area (Å²) in [6.07, 6.45) is 4.74. The van der Waals surface area contributed by atoms with E-state index in [4.69, 9.17) is 5.10 Å².